The van der Waals surface area contributed by atoms with Crippen molar-refractivity contribution in [1.29, 1.82) is 0 Å². The zero-order valence-electron chi connectivity index (χ0n) is 15.4. The smallest absolute Gasteiger partial charge is 0.306 e. The van der Waals surface area contributed by atoms with Crippen LogP contribution in [0.3, 0.4) is 0 Å². The van der Waals surface area contributed by atoms with E-state index in [-0.39, 0.29) is 30.9 Å². The van der Waals surface area contributed by atoms with E-state index in [2.05, 4.69) is 6.92 Å². The summed E-state index contributed by atoms with van der Waals surface area (Å²) in [5.74, 6) is 0.313. The van der Waals surface area contributed by atoms with Gasteiger partial charge in [0.2, 0.25) is 0 Å². The third-order valence-corrected chi connectivity index (χ3v) is 3.88. The Kier molecular flexibility index (Phi) is 12.7. The molecular formula is C18H34O5. The molecule has 0 aromatic rings. The number of carbonyl (C=O) groups is 2. The van der Waals surface area contributed by atoms with Crippen molar-refractivity contribution in [3.05, 3.63) is 0 Å². The van der Waals surface area contributed by atoms with E-state index in [1.807, 2.05) is 20.8 Å². The fraction of sp³-hybridized carbons (Fsp3) is 0.889. The van der Waals surface area contributed by atoms with Crippen molar-refractivity contribution in [2.45, 2.75) is 72.3 Å². The monoisotopic (exact) mass is 330 g/mol. The average molecular weight is 330 g/mol. The van der Waals surface area contributed by atoms with Gasteiger partial charge in [-0.05, 0) is 37.5 Å². The van der Waals surface area contributed by atoms with Crippen molar-refractivity contribution in [3.8, 4) is 0 Å². The lowest BCUT2D eigenvalue weighted by Gasteiger charge is -2.19. The van der Waals surface area contributed by atoms with Gasteiger partial charge in [-0.2, -0.15) is 0 Å². The maximum Gasteiger partial charge on any atom is 0.306 e. The van der Waals surface area contributed by atoms with Crippen LogP contribution in [0.2, 0.25) is 0 Å². The highest BCUT2D eigenvalue weighted by Gasteiger charge is 2.16. The number of hydrogen-bond donors (Lipinski definition) is 0. The Morgan fingerprint density at radius 2 is 1.57 bits per heavy atom. The zero-order chi connectivity index (χ0) is 17.7. The van der Waals surface area contributed by atoms with Crippen molar-refractivity contribution in [2.24, 2.45) is 11.8 Å². The van der Waals surface area contributed by atoms with E-state index < -0.39 is 0 Å². The Balaban J connectivity index is 3.71. The van der Waals surface area contributed by atoms with Gasteiger partial charge in [0.15, 0.2) is 0 Å². The molecule has 0 heterocycles. The number of ether oxygens (including phenoxy) is 3. The molecule has 0 aliphatic heterocycles. The number of hydrogen-bond acceptors (Lipinski definition) is 5. The van der Waals surface area contributed by atoms with Crippen LogP contribution in [0.25, 0.3) is 0 Å². The van der Waals surface area contributed by atoms with Gasteiger partial charge in [-0.25, -0.2) is 0 Å². The van der Waals surface area contributed by atoms with Crippen LogP contribution in [0, 0.1) is 11.8 Å². The second kappa shape index (κ2) is 13.3. The van der Waals surface area contributed by atoms with E-state index >= 15 is 0 Å². The molecule has 0 aliphatic carbocycles. The molecule has 0 rings (SSSR count). The minimum Gasteiger partial charge on any atom is -0.466 e. The SMILES string of the molecule is CCC(OC(=O)CCCC(=O)OCCC(C)CCOC)C(C)C. The number of rotatable bonds is 13. The molecule has 0 fully saturated rings. The number of esters is 2. The van der Waals surface area contributed by atoms with Crippen LogP contribution in [0.1, 0.15) is 66.2 Å². The highest BCUT2D eigenvalue weighted by molar-refractivity contribution is 5.72. The zero-order valence-corrected chi connectivity index (χ0v) is 15.4. The van der Waals surface area contributed by atoms with Crippen LogP contribution in [-0.2, 0) is 23.8 Å². The summed E-state index contributed by atoms with van der Waals surface area (Å²) in [4.78, 5) is 23.3. The second-order valence-electron chi connectivity index (χ2n) is 6.43. The van der Waals surface area contributed by atoms with E-state index in [0.717, 1.165) is 25.9 Å². The van der Waals surface area contributed by atoms with Gasteiger partial charge < -0.3 is 14.2 Å². The fourth-order valence-corrected chi connectivity index (χ4v) is 2.21. The van der Waals surface area contributed by atoms with Gasteiger partial charge in [0.1, 0.15) is 6.10 Å². The van der Waals surface area contributed by atoms with Gasteiger partial charge in [-0.3, -0.25) is 9.59 Å². The van der Waals surface area contributed by atoms with Crippen LogP contribution in [0.4, 0.5) is 0 Å². The Labute approximate surface area is 141 Å². The van der Waals surface area contributed by atoms with Crippen LogP contribution in [0.5, 0.6) is 0 Å². The first-order valence-electron chi connectivity index (χ1n) is 8.74. The van der Waals surface area contributed by atoms with E-state index in [4.69, 9.17) is 14.2 Å². The quantitative estimate of drug-likeness (QED) is 0.481. The molecule has 0 spiro atoms. The molecule has 0 bridgehead atoms. The molecule has 0 aliphatic rings. The van der Waals surface area contributed by atoms with Crippen molar-refractivity contribution in [3.63, 3.8) is 0 Å². The van der Waals surface area contributed by atoms with Crippen LogP contribution < -0.4 is 0 Å². The normalized spacial score (nSPS) is 13.7. The molecule has 2 atom stereocenters. The molecule has 5 heteroatoms. The van der Waals surface area contributed by atoms with Crippen LogP contribution >= 0.6 is 0 Å². The molecular weight excluding hydrogens is 296 g/mol. The van der Waals surface area contributed by atoms with Crippen molar-refractivity contribution in [1.82, 2.24) is 0 Å². The first-order chi connectivity index (χ1) is 10.9. The largest absolute Gasteiger partial charge is 0.466 e. The van der Waals surface area contributed by atoms with Crippen molar-refractivity contribution < 1.29 is 23.8 Å². The van der Waals surface area contributed by atoms with Gasteiger partial charge in [0.05, 0.1) is 6.61 Å². The molecule has 23 heavy (non-hydrogen) atoms. The van der Waals surface area contributed by atoms with Gasteiger partial charge in [-0.1, -0.05) is 27.7 Å². The van der Waals surface area contributed by atoms with E-state index in [1.54, 1.807) is 7.11 Å². The fourth-order valence-electron chi connectivity index (χ4n) is 2.21. The molecule has 0 saturated heterocycles. The predicted octanol–water partition coefficient (Wildman–Crippen LogP) is 3.74. The first-order valence-corrected chi connectivity index (χ1v) is 8.74. The molecule has 0 aromatic heterocycles. The summed E-state index contributed by atoms with van der Waals surface area (Å²) in [6.07, 6.45) is 3.58. The summed E-state index contributed by atoms with van der Waals surface area (Å²) in [5, 5.41) is 0. The third-order valence-electron chi connectivity index (χ3n) is 3.88. The topological polar surface area (TPSA) is 61.8 Å². The van der Waals surface area contributed by atoms with Crippen LogP contribution in [0.15, 0.2) is 0 Å². The minimum atomic E-state index is -0.243. The minimum absolute atomic E-state index is 0.0389. The van der Waals surface area contributed by atoms with E-state index in [9.17, 15) is 9.59 Å². The molecule has 0 radical (unpaired) electrons. The van der Waals surface area contributed by atoms with Gasteiger partial charge >= 0.3 is 11.9 Å². The second-order valence-corrected chi connectivity index (χ2v) is 6.43. The van der Waals surface area contributed by atoms with E-state index in [0.29, 0.717) is 24.9 Å². The Morgan fingerprint density at radius 3 is 2.13 bits per heavy atom. The maximum absolute atomic E-state index is 11.7. The van der Waals surface area contributed by atoms with Crippen molar-refractivity contribution >= 4 is 11.9 Å². The summed E-state index contributed by atoms with van der Waals surface area (Å²) < 4.78 is 15.6. The number of carbonyl (C=O) groups excluding carboxylic acids is 2. The standard InChI is InChI=1S/C18H34O5/c1-6-16(14(2)3)23-18(20)9-7-8-17(19)22-13-11-15(4)10-12-21-5/h14-16H,6-13H2,1-5H3. The molecule has 136 valence electrons. The molecule has 5 nitrogen and oxygen atoms in total. The molecule has 0 saturated carbocycles. The Hall–Kier alpha value is -1.10. The summed E-state index contributed by atoms with van der Waals surface area (Å²) in [6, 6.07) is 0. The molecule has 0 aromatic carbocycles. The lowest BCUT2D eigenvalue weighted by atomic mass is 10.1. The Bertz CT molecular complexity index is 327. The number of methoxy groups -OCH3 is 1. The molecule has 2 unspecified atom stereocenters. The third kappa shape index (κ3) is 12.0. The first kappa shape index (κ1) is 21.9. The summed E-state index contributed by atoms with van der Waals surface area (Å²) in [6.45, 7) is 9.34. The highest BCUT2D eigenvalue weighted by atomic mass is 16.5. The summed E-state index contributed by atoms with van der Waals surface area (Å²) in [7, 11) is 1.68. The van der Waals surface area contributed by atoms with Gasteiger partial charge in [-0.15, -0.1) is 0 Å². The summed E-state index contributed by atoms with van der Waals surface area (Å²) >= 11 is 0. The van der Waals surface area contributed by atoms with Gasteiger partial charge in [0.25, 0.3) is 0 Å². The lowest BCUT2D eigenvalue weighted by molar-refractivity contribution is -0.151. The molecule has 0 N–H and O–H groups in total. The maximum atomic E-state index is 11.7. The predicted molar refractivity (Wildman–Crippen MR) is 90.1 cm³/mol. The highest BCUT2D eigenvalue weighted by Crippen LogP contribution is 2.12. The Morgan fingerprint density at radius 1 is 0.957 bits per heavy atom. The molecule has 0 amide bonds. The lowest BCUT2D eigenvalue weighted by Crippen LogP contribution is -2.22. The van der Waals surface area contributed by atoms with E-state index in [1.165, 1.54) is 0 Å². The van der Waals surface area contributed by atoms with Crippen LogP contribution in [-0.4, -0.2) is 38.4 Å². The average Bonchev–Trinajstić information content (AvgIpc) is 2.50. The summed E-state index contributed by atoms with van der Waals surface area (Å²) in [5.41, 5.74) is 0. The van der Waals surface area contributed by atoms with Gasteiger partial charge in [0, 0.05) is 26.6 Å². The van der Waals surface area contributed by atoms with Crippen molar-refractivity contribution in [2.75, 3.05) is 20.3 Å².